The Labute approximate surface area is 158 Å². The van der Waals surface area contributed by atoms with Gasteiger partial charge in [0, 0.05) is 21.8 Å². The lowest BCUT2D eigenvalue weighted by Crippen LogP contribution is -2.34. The summed E-state index contributed by atoms with van der Waals surface area (Å²) in [5.41, 5.74) is 3.84. The van der Waals surface area contributed by atoms with Crippen LogP contribution in [0.4, 0.5) is 11.4 Å². The van der Waals surface area contributed by atoms with E-state index in [2.05, 4.69) is 31.8 Å². The lowest BCUT2D eigenvalue weighted by Gasteiger charge is -2.13. The molecule has 26 heavy (non-hydrogen) atoms. The SMILES string of the molecule is Cc1cccc(NC(C)C(=O)N/N=C/c2cc(Br)cc([N+](=O)[O-])c2O)c1. The quantitative estimate of drug-likeness (QED) is 0.376. The summed E-state index contributed by atoms with van der Waals surface area (Å²) in [7, 11) is 0. The van der Waals surface area contributed by atoms with Gasteiger partial charge in [0.15, 0.2) is 0 Å². The van der Waals surface area contributed by atoms with E-state index in [9.17, 15) is 20.0 Å². The molecule has 2 rings (SSSR count). The van der Waals surface area contributed by atoms with Gasteiger partial charge in [-0.2, -0.15) is 5.10 Å². The maximum atomic E-state index is 12.1. The number of aromatic hydroxyl groups is 1. The standard InChI is InChI=1S/C17H17BrN4O4/c1-10-4-3-5-14(6-10)20-11(2)17(24)21-19-9-12-7-13(18)8-15(16(12)23)22(25)26/h3-9,11,20,23H,1-2H3,(H,21,24)/b19-9+. The van der Waals surface area contributed by atoms with Crippen molar-refractivity contribution in [3.05, 3.63) is 62.1 Å². The summed E-state index contributed by atoms with van der Waals surface area (Å²) in [5, 5.41) is 27.6. The molecular weight excluding hydrogens is 404 g/mol. The van der Waals surface area contributed by atoms with Gasteiger partial charge >= 0.3 is 5.69 Å². The Balaban J connectivity index is 2.03. The average Bonchev–Trinajstić information content (AvgIpc) is 2.57. The van der Waals surface area contributed by atoms with Crippen molar-refractivity contribution in [2.45, 2.75) is 19.9 Å². The number of carbonyl (C=O) groups excluding carboxylic acids is 1. The fraction of sp³-hybridized carbons (Fsp3) is 0.176. The van der Waals surface area contributed by atoms with Crippen LogP contribution in [-0.2, 0) is 4.79 Å². The Bertz CT molecular complexity index is 870. The van der Waals surface area contributed by atoms with E-state index < -0.39 is 28.3 Å². The maximum absolute atomic E-state index is 12.1. The van der Waals surface area contributed by atoms with Crippen LogP contribution in [0.15, 0.2) is 46.0 Å². The third-order valence-electron chi connectivity index (χ3n) is 3.45. The number of amides is 1. The molecule has 0 aliphatic rings. The normalized spacial score (nSPS) is 12.0. The summed E-state index contributed by atoms with van der Waals surface area (Å²) < 4.78 is 0.407. The number of halogens is 1. The summed E-state index contributed by atoms with van der Waals surface area (Å²) >= 11 is 3.13. The highest BCUT2D eigenvalue weighted by molar-refractivity contribution is 9.10. The summed E-state index contributed by atoms with van der Waals surface area (Å²) in [6.45, 7) is 3.62. The molecule has 136 valence electrons. The number of hydrogen-bond donors (Lipinski definition) is 3. The number of nitro benzene ring substituents is 1. The van der Waals surface area contributed by atoms with Crippen molar-refractivity contribution in [3.63, 3.8) is 0 Å². The third-order valence-corrected chi connectivity index (χ3v) is 3.91. The molecule has 1 unspecified atom stereocenters. The smallest absolute Gasteiger partial charge is 0.312 e. The Morgan fingerprint density at radius 3 is 2.77 bits per heavy atom. The molecule has 0 aromatic heterocycles. The number of carbonyl (C=O) groups is 1. The van der Waals surface area contributed by atoms with E-state index in [4.69, 9.17) is 0 Å². The molecule has 0 saturated heterocycles. The topological polar surface area (TPSA) is 117 Å². The van der Waals surface area contributed by atoms with Crippen molar-refractivity contribution in [1.29, 1.82) is 0 Å². The van der Waals surface area contributed by atoms with Crippen LogP contribution in [-0.4, -0.2) is 28.2 Å². The average molecular weight is 421 g/mol. The molecule has 0 bridgehead atoms. The van der Waals surface area contributed by atoms with Crippen molar-refractivity contribution in [1.82, 2.24) is 5.43 Å². The van der Waals surface area contributed by atoms with E-state index in [1.807, 2.05) is 31.2 Å². The van der Waals surface area contributed by atoms with E-state index in [0.717, 1.165) is 17.5 Å². The predicted octanol–water partition coefficient (Wildman–Crippen LogP) is 3.32. The van der Waals surface area contributed by atoms with Crippen LogP contribution in [0.25, 0.3) is 0 Å². The molecule has 0 heterocycles. The van der Waals surface area contributed by atoms with Crippen LogP contribution in [0.5, 0.6) is 5.75 Å². The number of rotatable bonds is 6. The van der Waals surface area contributed by atoms with E-state index >= 15 is 0 Å². The Morgan fingerprint density at radius 1 is 1.38 bits per heavy atom. The van der Waals surface area contributed by atoms with Gasteiger partial charge in [-0.3, -0.25) is 14.9 Å². The molecule has 1 amide bonds. The fourth-order valence-corrected chi connectivity index (χ4v) is 2.62. The first-order chi connectivity index (χ1) is 12.3. The molecule has 0 fully saturated rings. The summed E-state index contributed by atoms with van der Waals surface area (Å²) in [6.07, 6.45) is 1.14. The molecule has 0 aliphatic heterocycles. The lowest BCUT2D eigenvalue weighted by atomic mass is 10.2. The number of hydrogen-bond acceptors (Lipinski definition) is 6. The molecular formula is C17H17BrN4O4. The van der Waals surface area contributed by atoms with Crippen LogP contribution in [0.2, 0.25) is 0 Å². The van der Waals surface area contributed by atoms with Gasteiger partial charge in [0.25, 0.3) is 5.91 Å². The lowest BCUT2D eigenvalue weighted by molar-refractivity contribution is -0.385. The second-order valence-corrected chi connectivity index (χ2v) is 6.51. The molecule has 3 N–H and O–H groups in total. The van der Waals surface area contributed by atoms with E-state index in [-0.39, 0.29) is 5.56 Å². The number of nitrogens with zero attached hydrogens (tertiary/aromatic N) is 2. The van der Waals surface area contributed by atoms with Gasteiger partial charge in [-0.25, -0.2) is 5.43 Å². The molecule has 0 radical (unpaired) electrons. The molecule has 1 atom stereocenters. The zero-order valence-electron chi connectivity index (χ0n) is 14.1. The molecule has 9 heteroatoms. The van der Waals surface area contributed by atoms with Crippen LogP contribution >= 0.6 is 15.9 Å². The van der Waals surface area contributed by atoms with Gasteiger partial charge in [0.2, 0.25) is 5.75 Å². The van der Waals surface area contributed by atoms with Gasteiger partial charge in [0.05, 0.1) is 11.1 Å². The van der Waals surface area contributed by atoms with Crippen LogP contribution in [0.3, 0.4) is 0 Å². The Morgan fingerprint density at radius 2 is 2.12 bits per heavy atom. The number of hydrazone groups is 1. The highest BCUT2D eigenvalue weighted by Crippen LogP contribution is 2.32. The summed E-state index contributed by atoms with van der Waals surface area (Å²) in [5.74, 6) is -0.922. The number of nitro groups is 1. The first-order valence-electron chi connectivity index (χ1n) is 7.61. The number of benzene rings is 2. The van der Waals surface area contributed by atoms with E-state index in [1.165, 1.54) is 12.1 Å². The number of anilines is 1. The minimum atomic E-state index is -0.705. The van der Waals surface area contributed by atoms with Gasteiger partial charge in [0.1, 0.15) is 6.04 Å². The molecule has 0 spiro atoms. The van der Waals surface area contributed by atoms with Crippen molar-refractivity contribution in [2.75, 3.05) is 5.32 Å². The zero-order chi connectivity index (χ0) is 19.3. The Hall–Kier alpha value is -2.94. The molecule has 2 aromatic carbocycles. The monoisotopic (exact) mass is 420 g/mol. The van der Waals surface area contributed by atoms with E-state index in [1.54, 1.807) is 6.92 Å². The summed E-state index contributed by atoms with van der Waals surface area (Å²) in [6, 6.07) is 9.66. The minimum absolute atomic E-state index is 0.102. The molecule has 2 aromatic rings. The predicted molar refractivity (Wildman–Crippen MR) is 102 cm³/mol. The highest BCUT2D eigenvalue weighted by Gasteiger charge is 2.18. The second kappa shape index (κ2) is 8.43. The van der Waals surface area contributed by atoms with Crippen LogP contribution in [0.1, 0.15) is 18.1 Å². The first kappa shape index (κ1) is 19.4. The number of nitrogens with one attached hydrogen (secondary N) is 2. The number of aryl methyl sites for hydroxylation is 1. The zero-order valence-corrected chi connectivity index (χ0v) is 15.6. The van der Waals surface area contributed by atoms with E-state index in [0.29, 0.717) is 4.47 Å². The number of phenolic OH excluding ortho intramolecular Hbond substituents is 1. The van der Waals surface area contributed by atoms with Gasteiger partial charge < -0.3 is 10.4 Å². The summed E-state index contributed by atoms with van der Waals surface area (Å²) in [4.78, 5) is 22.3. The highest BCUT2D eigenvalue weighted by atomic mass is 79.9. The van der Waals surface area contributed by atoms with Crippen molar-refractivity contribution >= 4 is 39.4 Å². The molecule has 8 nitrogen and oxygen atoms in total. The largest absolute Gasteiger partial charge is 0.502 e. The fourth-order valence-electron chi connectivity index (χ4n) is 2.16. The second-order valence-electron chi connectivity index (χ2n) is 5.59. The third kappa shape index (κ3) is 5.03. The molecule has 0 aliphatic carbocycles. The van der Waals surface area contributed by atoms with Crippen molar-refractivity contribution in [2.24, 2.45) is 5.10 Å². The maximum Gasteiger partial charge on any atom is 0.312 e. The van der Waals surface area contributed by atoms with Gasteiger partial charge in [-0.15, -0.1) is 0 Å². The van der Waals surface area contributed by atoms with Crippen LogP contribution in [0, 0.1) is 17.0 Å². The van der Waals surface area contributed by atoms with Crippen molar-refractivity contribution in [3.8, 4) is 5.75 Å². The minimum Gasteiger partial charge on any atom is -0.502 e. The first-order valence-corrected chi connectivity index (χ1v) is 8.40. The van der Waals surface area contributed by atoms with Gasteiger partial charge in [-0.1, -0.05) is 28.1 Å². The van der Waals surface area contributed by atoms with Crippen molar-refractivity contribution < 1.29 is 14.8 Å². The Kier molecular flexibility index (Phi) is 6.29. The molecule has 0 saturated carbocycles. The van der Waals surface area contributed by atoms with Crippen LogP contribution < -0.4 is 10.7 Å². The van der Waals surface area contributed by atoms with Gasteiger partial charge in [-0.05, 0) is 37.6 Å². The number of phenols is 1.